The molecule has 0 radical (unpaired) electrons. The molecular formula is C29H51ClN2O5. The van der Waals surface area contributed by atoms with Crippen molar-refractivity contribution in [2.45, 2.75) is 84.8 Å². The van der Waals surface area contributed by atoms with E-state index >= 15 is 0 Å². The summed E-state index contributed by atoms with van der Waals surface area (Å²) in [5.74, 6) is 2.51. The molecule has 0 aliphatic heterocycles. The van der Waals surface area contributed by atoms with E-state index in [1.807, 2.05) is 26.0 Å². The predicted molar refractivity (Wildman–Crippen MR) is 152 cm³/mol. The third kappa shape index (κ3) is 10.3. The monoisotopic (exact) mass is 542 g/mol. The summed E-state index contributed by atoms with van der Waals surface area (Å²) in [6.45, 7) is 9.79. The Labute approximate surface area is 230 Å². The first-order valence-electron chi connectivity index (χ1n) is 13.6. The minimum absolute atomic E-state index is 0. The van der Waals surface area contributed by atoms with Gasteiger partial charge in [0.2, 0.25) is 5.91 Å². The molecule has 4 N–H and O–H groups in total. The fourth-order valence-electron chi connectivity index (χ4n) is 5.16. The smallest absolute Gasteiger partial charge is 0.226 e. The summed E-state index contributed by atoms with van der Waals surface area (Å²) in [6.07, 6.45) is 6.09. The minimum atomic E-state index is -0.787. The molecule has 0 spiro atoms. The lowest BCUT2D eigenvalue weighted by Gasteiger charge is -2.32. The second-order valence-corrected chi connectivity index (χ2v) is 11.3. The molecule has 1 aliphatic rings. The van der Waals surface area contributed by atoms with Crippen LogP contribution in [0.15, 0.2) is 18.2 Å². The summed E-state index contributed by atoms with van der Waals surface area (Å²) in [5, 5.41) is 13.7. The molecule has 0 saturated heterocycles. The van der Waals surface area contributed by atoms with Gasteiger partial charge in [0.1, 0.15) is 0 Å². The molecule has 0 unspecified atom stereocenters. The van der Waals surface area contributed by atoms with Gasteiger partial charge in [-0.1, -0.05) is 46.6 Å². The predicted octanol–water partition coefficient (Wildman–Crippen LogP) is 4.76. The molecule has 1 aromatic rings. The highest BCUT2D eigenvalue weighted by Gasteiger charge is 2.38. The first-order chi connectivity index (χ1) is 17.1. The maximum atomic E-state index is 12.9. The fourth-order valence-corrected chi connectivity index (χ4v) is 5.16. The lowest BCUT2D eigenvalue weighted by molar-refractivity contribution is -0.132. The number of amides is 1. The van der Waals surface area contributed by atoms with Crippen molar-refractivity contribution in [3.63, 3.8) is 0 Å². The number of hydrogen-bond acceptors (Lipinski definition) is 6. The van der Waals surface area contributed by atoms with Crippen LogP contribution in [0.25, 0.3) is 0 Å². The van der Waals surface area contributed by atoms with Crippen molar-refractivity contribution in [1.29, 1.82) is 0 Å². The van der Waals surface area contributed by atoms with Gasteiger partial charge in [-0.2, -0.15) is 0 Å². The van der Waals surface area contributed by atoms with E-state index in [-0.39, 0.29) is 30.8 Å². The van der Waals surface area contributed by atoms with Crippen molar-refractivity contribution in [2.24, 2.45) is 28.9 Å². The third-order valence-electron chi connectivity index (χ3n) is 7.92. The zero-order chi connectivity index (χ0) is 26.7. The number of methoxy groups -OCH3 is 2. The van der Waals surface area contributed by atoms with E-state index in [1.165, 1.54) is 12.8 Å². The van der Waals surface area contributed by atoms with E-state index in [1.54, 1.807) is 14.2 Å². The zero-order valence-corrected chi connectivity index (χ0v) is 24.6. The lowest BCUT2D eigenvalue weighted by Crippen LogP contribution is -2.48. The number of benzene rings is 1. The van der Waals surface area contributed by atoms with Gasteiger partial charge in [0, 0.05) is 38.1 Å². The van der Waals surface area contributed by atoms with Crippen LogP contribution < -0.4 is 20.5 Å². The molecule has 0 aromatic heterocycles. The molecule has 1 saturated carbocycles. The molecule has 0 bridgehead atoms. The van der Waals surface area contributed by atoms with Crippen LogP contribution in [-0.4, -0.2) is 57.1 Å². The van der Waals surface area contributed by atoms with Gasteiger partial charge in [-0.25, -0.2) is 0 Å². The molecular weight excluding hydrogens is 492 g/mol. The Kier molecular flexibility index (Phi) is 14.9. The molecule has 1 aromatic carbocycles. The summed E-state index contributed by atoms with van der Waals surface area (Å²) in [6, 6.07) is 5.61. The number of carbonyl (C=O) groups excluding carboxylic acids is 1. The van der Waals surface area contributed by atoms with Crippen LogP contribution in [0.5, 0.6) is 11.5 Å². The molecule has 1 aliphatic carbocycles. The number of nitrogens with two attached hydrogens (primary N) is 1. The topological polar surface area (TPSA) is 103 Å². The molecule has 2 rings (SSSR count). The van der Waals surface area contributed by atoms with Gasteiger partial charge in [-0.3, -0.25) is 4.79 Å². The number of carbonyl (C=O) groups is 1. The van der Waals surface area contributed by atoms with Crippen LogP contribution >= 0.6 is 12.4 Å². The standard InChI is InChI=1S/C29H50N2O5.ClH/c1-20(2)22(16-21-12-13-26(35-6)27(17-21)36-15-9-14-34-5)18-24(30)25(32)19-31-28(33)29(3,4)23-10-7-8-11-23;/h12-13,17,20,22-25,32H,7-11,14-16,18-19,30H2,1-6H3,(H,31,33);1H/t22-,24-,25-;/m0./s1. The summed E-state index contributed by atoms with van der Waals surface area (Å²) < 4.78 is 16.5. The maximum absolute atomic E-state index is 12.9. The largest absolute Gasteiger partial charge is 0.493 e. The van der Waals surface area contributed by atoms with Gasteiger partial charge in [0.25, 0.3) is 0 Å². The van der Waals surface area contributed by atoms with Crippen molar-refractivity contribution < 1.29 is 24.1 Å². The van der Waals surface area contributed by atoms with E-state index in [4.69, 9.17) is 19.9 Å². The second-order valence-electron chi connectivity index (χ2n) is 11.3. The average Bonchev–Trinajstić information content (AvgIpc) is 3.40. The third-order valence-corrected chi connectivity index (χ3v) is 7.92. The first-order valence-corrected chi connectivity index (χ1v) is 13.6. The van der Waals surface area contributed by atoms with Crippen LogP contribution in [0, 0.1) is 23.2 Å². The molecule has 8 heteroatoms. The van der Waals surface area contributed by atoms with E-state index < -0.39 is 17.6 Å². The van der Waals surface area contributed by atoms with Gasteiger partial charge >= 0.3 is 0 Å². The van der Waals surface area contributed by atoms with Gasteiger partial charge in [-0.05, 0) is 61.1 Å². The molecule has 1 amide bonds. The van der Waals surface area contributed by atoms with Crippen LogP contribution in [0.1, 0.15) is 71.8 Å². The Bertz CT molecular complexity index is 799. The highest BCUT2D eigenvalue weighted by atomic mass is 35.5. The number of halogens is 1. The molecule has 37 heavy (non-hydrogen) atoms. The quantitative estimate of drug-likeness (QED) is 0.260. The molecule has 1 fully saturated rings. The number of aliphatic hydroxyl groups excluding tert-OH is 1. The number of hydrogen-bond donors (Lipinski definition) is 3. The van der Waals surface area contributed by atoms with E-state index in [0.29, 0.717) is 37.2 Å². The highest BCUT2D eigenvalue weighted by molar-refractivity contribution is 5.85. The molecule has 3 atom stereocenters. The van der Waals surface area contributed by atoms with E-state index in [0.717, 1.165) is 37.0 Å². The van der Waals surface area contributed by atoms with E-state index in [9.17, 15) is 9.90 Å². The Hall–Kier alpha value is -1.54. The van der Waals surface area contributed by atoms with Crippen molar-refractivity contribution in [3.05, 3.63) is 23.8 Å². The Morgan fingerprint density at radius 2 is 1.84 bits per heavy atom. The van der Waals surface area contributed by atoms with Gasteiger partial charge in [-0.15, -0.1) is 12.4 Å². The van der Waals surface area contributed by atoms with Gasteiger partial charge in [0.05, 0.1) is 19.8 Å². The lowest BCUT2D eigenvalue weighted by atomic mass is 9.77. The van der Waals surface area contributed by atoms with Crippen molar-refractivity contribution >= 4 is 18.3 Å². The maximum Gasteiger partial charge on any atom is 0.226 e. The number of nitrogens with one attached hydrogen (secondary N) is 1. The minimum Gasteiger partial charge on any atom is -0.493 e. The number of ether oxygens (including phenoxy) is 3. The van der Waals surface area contributed by atoms with E-state index in [2.05, 4.69) is 25.2 Å². The SMILES string of the molecule is COCCCOc1cc(C[C@@H](C[C@H](N)[C@@H](O)CNC(=O)C(C)(C)C2CCCC2)C(C)C)ccc1OC.Cl. The Morgan fingerprint density at radius 1 is 1.16 bits per heavy atom. The summed E-state index contributed by atoms with van der Waals surface area (Å²) >= 11 is 0. The normalized spacial score (nSPS) is 16.7. The van der Waals surface area contributed by atoms with Crippen LogP contribution in [0.2, 0.25) is 0 Å². The summed E-state index contributed by atoms with van der Waals surface area (Å²) in [4.78, 5) is 12.9. The fraction of sp³-hybridized carbons (Fsp3) is 0.759. The van der Waals surface area contributed by atoms with Crippen molar-refractivity contribution in [1.82, 2.24) is 5.32 Å². The number of rotatable bonds is 16. The Morgan fingerprint density at radius 3 is 2.43 bits per heavy atom. The second kappa shape index (κ2) is 16.4. The molecule has 214 valence electrons. The summed E-state index contributed by atoms with van der Waals surface area (Å²) in [7, 11) is 3.32. The van der Waals surface area contributed by atoms with Gasteiger partial charge < -0.3 is 30.4 Å². The first kappa shape index (κ1) is 33.5. The van der Waals surface area contributed by atoms with Crippen LogP contribution in [-0.2, 0) is 16.0 Å². The van der Waals surface area contributed by atoms with Crippen molar-refractivity contribution in [3.8, 4) is 11.5 Å². The van der Waals surface area contributed by atoms with Crippen molar-refractivity contribution in [2.75, 3.05) is 34.0 Å². The highest BCUT2D eigenvalue weighted by Crippen LogP contribution is 2.39. The average molecular weight is 543 g/mol. The van der Waals surface area contributed by atoms with Gasteiger partial charge in [0.15, 0.2) is 11.5 Å². The Balaban J connectivity index is 0.00000684. The molecule has 0 heterocycles. The molecule has 7 nitrogen and oxygen atoms in total. The number of aliphatic hydroxyl groups is 1. The zero-order valence-electron chi connectivity index (χ0n) is 23.8. The van der Waals surface area contributed by atoms with Crippen LogP contribution in [0.4, 0.5) is 0 Å². The summed E-state index contributed by atoms with van der Waals surface area (Å²) in [5.41, 5.74) is 7.16. The van der Waals surface area contributed by atoms with Crippen LogP contribution in [0.3, 0.4) is 0 Å².